The van der Waals surface area contributed by atoms with E-state index in [2.05, 4.69) is 17.6 Å². The SMILES string of the molecule is CCSc1cccc(NC(=O)CNC)c1. The summed E-state index contributed by atoms with van der Waals surface area (Å²) < 4.78 is 0. The maximum atomic E-state index is 11.3. The molecule has 1 rings (SSSR count). The van der Waals surface area contributed by atoms with E-state index < -0.39 is 0 Å². The molecule has 0 aliphatic carbocycles. The maximum Gasteiger partial charge on any atom is 0.238 e. The van der Waals surface area contributed by atoms with Gasteiger partial charge in [-0.15, -0.1) is 11.8 Å². The second kappa shape index (κ2) is 6.48. The average molecular weight is 224 g/mol. The average Bonchev–Trinajstić information content (AvgIpc) is 2.19. The number of anilines is 1. The lowest BCUT2D eigenvalue weighted by Gasteiger charge is -2.06. The van der Waals surface area contributed by atoms with Gasteiger partial charge < -0.3 is 10.6 Å². The topological polar surface area (TPSA) is 41.1 Å². The third-order valence-electron chi connectivity index (χ3n) is 1.77. The Morgan fingerprint density at radius 2 is 2.27 bits per heavy atom. The van der Waals surface area contributed by atoms with Gasteiger partial charge in [-0.2, -0.15) is 0 Å². The van der Waals surface area contributed by atoms with Gasteiger partial charge in [-0.25, -0.2) is 0 Å². The minimum Gasteiger partial charge on any atom is -0.325 e. The maximum absolute atomic E-state index is 11.3. The molecule has 15 heavy (non-hydrogen) atoms. The number of hydrogen-bond donors (Lipinski definition) is 2. The van der Waals surface area contributed by atoms with Crippen molar-refractivity contribution in [3.63, 3.8) is 0 Å². The smallest absolute Gasteiger partial charge is 0.238 e. The van der Waals surface area contributed by atoms with Crippen molar-refractivity contribution in [1.82, 2.24) is 5.32 Å². The number of carbonyl (C=O) groups excluding carboxylic acids is 1. The number of benzene rings is 1. The van der Waals surface area contributed by atoms with Crippen LogP contribution in [0.3, 0.4) is 0 Å². The number of nitrogens with one attached hydrogen (secondary N) is 2. The van der Waals surface area contributed by atoms with Gasteiger partial charge in [0.1, 0.15) is 0 Å². The summed E-state index contributed by atoms with van der Waals surface area (Å²) in [4.78, 5) is 12.5. The molecule has 0 saturated heterocycles. The van der Waals surface area contributed by atoms with Crippen LogP contribution in [0.5, 0.6) is 0 Å². The molecule has 0 radical (unpaired) electrons. The molecule has 1 aromatic carbocycles. The molecule has 0 atom stereocenters. The molecule has 0 fully saturated rings. The van der Waals surface area contributed by atoms with Crippen LogP contribution in [0.4, 0.5) is 5.69 Å². The van der Waals surface area contributed by atoms with Crippen molar-refractivity contribution in [3.8, 4) is 0 Å². The van der Waals surface area contributed by atoms with E-state index in [0.717, 1.165) is 11.4 Å². The van der Waals surface area contributed by atoms with Crippen LogP contribution >= 0.6 is 11.8 Å². The Balaban J connectivity index is 2.60. The van der Waals surface area contributed by atoms with E-state index in [9.17, 15) is 4.79 Å². The lowest BCUT2D eigenvalue weighted by molar-refractivity contribution is -0.115. The second-order valence-corrected chi connectivity index (χ2v) is 4.38. The lowest BCUT2D eigenvalue weighted by Crippen LogP contribution is -2.24. The fraction of sp³-hybridized carbons (Fsp3) is 0.364. The highest BCUT2D eigenvalue weighted by Crippen LogP contribution is 2.20. The van der Waals surface area contributed by atoms with Crippen molar-refractivity contribution in [2.45, 2.75) is 11.8 Å². The summed E-state index contributed by atoms with van der Waals surface area (Å²) in [6.07, 6.45) is 0. The van der Waals surface area contributed by atoms with E-state index in [1.54, 1.807) is 18.8 Å². The minimum atomic E-state index is -0.0175. The highest BCUT2D eigenvalue weighted by atomic mass is 32.2. The summed E-state index contributed by atoms with van der Waals surface area (Å²) in [5.74, 6) is 1.02. The molecule has 3 nitrogen and oxygen atoms in total. The Kier molecular flexibility index (Phi) is 5.21. The van der Waals surface area contributed by atoms with Crippen molar-refractivity contribution in [3.05, 3.63) is 24.3 Å². The van der Waals surface area contributed by atoms with Gasteiger partial charge >= 0.3 is 0 Å². The van der Waals surface area contributed by atoms with E-state index in [-0.39, 0.29) is 5.91 Å². The second-order valence-electron chi connectivity index (χ2n) is 3.04. The zero-order valence-electron chi connectivity index (χ0n) is 9.04. The summed E-state index contributed by atoms with van der Waals surface area (Å²) in [6.45, 7) is 2.45. The van der Waals surface area contributed by atoms with E-state index in [0.29, 0.717) is 6.54 Å². The Morgan fingerprint density at radius 1 is 1.47 bits per heavy atom. The van der Waals surface area contributed by atoms with Crippen LogP contribution in [-0.2, 0) is 4.79 Å². The van der Waals surface area contributed by atoms with Gasteiger partial charge in [0.15, 0.2) is 0 Å². The first-order valence-electron chi connectivity index (χ1n) is 4.93. The highest BCUT2D eigenvalue weighted by molar-refractivity contribution is 7.99. The van der Waals surface area contributed by atoms with Crippen molar-refractivity contribution in [2.24, 2.45) is 0 Å². The summed E-state index contributed by atoms with van der Waals surface area (Å²) in [5, 5.41) is 5.64. The highest BCUT2D eigenvalue weighted by Gasteiger charge is 2.00. The van der Waals surface area contributed by atoms with Crippen LogP contribution < -0.4 is 10.6 Å². The molecule has 4 heteroatoms. The number of likely N-dealkylation sites (N-methyl/N-ethyl adjacent to an activating group) is 1. The molecule has 0 bridgehead atoms. The third-order valence-corrected chi connectivity index (χ3v) is 2.64. The molecule has 0 aliphatic rings. The fourth-order valence-electron chi connectivity index (χ4n) is 1.20. The molecule has 1 amide bonds. The van der Waals surface area contributed by atoms with Gasteiger partial charge in [0, 0.05) is 10.6 Å². The summed E-state index contributed by atoms with van der Waals surface area (Å²) in [7, 11) is 1.75. The van der Waals surface area contributed by atoms with Gasteiger partial charge in [-0.05, 0) is 31.0 Å². The molecule has 2 N–H and O–H groups in total. The molecule has 0 aromatic heterocycles. The van der Waals surface area contributed by atoms with Crippen LogP contribution in [0.15, 0.2) is 29.2 Å². The standard InChI is InChI=1S/C11H16N2OS/c1-3-15-10-6-4-5-9(7-10)13-11(14)8-12-2/h4-7,12H,3,8H2,1-2H3,(H,13,14). The molecular weight excluding hydrogens is 208 g/mol. The van der Waals surface area contributed by atoms with Gasteiger partial charge in [0.05, 0.1) is 6.54 Å². The minimum absolute atomic E-state index is 0.0175. The van der Waals surface area contributed by atoms with Crippen LogP contribution in [0, 0.1) is 0 Å². The van der Waals surface area contributed by atoms with E-state index in [4.69, 9.17) is 0 Å². The van der Waals surface area contributed by atoms with Crippen molar-refractivity contribution < 1.29 is 4.79 Å². The quantitative estimate of drug-likeness (QED) is 0.751. The first-order valence-corrected chi connectivity index (χ1v) is 5.92. The molecule has 0 unspecified atom stereocenters. The van der Waals surface area contributed by atoms with Gasteiger partial charge in [0.2, 0.25) is 5.91 Å². The van der Waals surface area contributed by atoms with Gasteiger partial charge in [0.25, 0.3) is 0 Å². The summed E-state index contributed by atoms with van der Waals surface area (Å²) in [6, 6.07) is 7.88. The van der Waals surface area contributed by atoms with Crippen molar-refractivity contribution in [2.75, 3.05) is 24.7 Å². The van der Waals surface area contributed by atoms with E-state index in [1.807, 2.05) is 24.3 Å². The lowest BCUT2D eigenvalue weighted by atomic mass is 10.3. The predicted molar refractivity (Wildman–Crippen MR) is 65.4 cm³/mol. The fourth-order valence-corrected chi connectivity index (χ4v) is 1.91. The first kappa shape index (κ1) is 12.1. The van der Waals surface area contributed by atoms with Crippen LogP contribution in [0.2, 0.25) is 0 Å². The van der Waals surface area contributed by atoms with Gasteiger partial charge in [-0.1, -0.05) is 13.0 Å². The zero-order valence-corrected chi connectivity index (χ0v) is 9.86. The molecule has 0 spiro atoms. The zero-order chi connectivity index (χ0) is 11.1. The Hall–Kier alpha value is -1.00. The molecule has 0 saturated carbocycles. The Bertz CT molecular complexity index is 328. The number of hydrogen-bond acceptors (Lipinski definition) is 3. The monoisotopic (exact) mass is 224 g/mol. The summed E-state index contributed by atoms with van der Waals surface area (Å²) in [5.41, 5.74) is 0.855. The Morgan fingerprint density at radius 3 is 2.93 bits per heavy atom. The van der Waals surface area contributed by atoms with Crippen LogP contribution in [-0.4, -0.2) is 25.3 Å². The van der Waals surface area contributed by atoms with Gasteiger partial charge in [-0.3, -0.25) is 4.79 Å². The summed E-state index contributed by atoms with van der Waals surface area (Å²) >= 11 is 1.76. The molecule has 0 aliphatic heterocycles. The molecular formula is C11H16N2OS. The predicted octanol–water partition coefficient (Wildman–Crippen LogP) is 1.96. The number of thioether (sulfide) groups is 1. The largest absolute Gasteiger partial charge is 0.325 e. The first-order chi connectivity index (χ1) is 7.26. The van der Waals surface area contributed by atoms with Crippen LogP contribution in [0.25, 0.3) is 0 Å². The number of rotatable bonds is 5. The van der Waals surface area contributed by atoms with E-state index >= 15 is 0 Å². The van der Waals surface area contributed by atoms with Crippen LogP contribution in [0.1, 0.15) is 6.92 Å². The number of carbonyl (C=O) groups is 1. The third kappa shape index (κ3) is 4.36. The number of amides is 1. The Labute approximate surface area is 94.6 Å². The van der Waals surface area contributed by atoms with Crippen molar-refractivity contribution >= 4 is 23.4 Å². The molecule has 0 heterocycles. The normalized spacial score (nSPS) is 10.0. The van der Waals surface area contributed by atoms with Crippen molar-refractivity contribution in [1.29, 1.82) is 0 Å². The molecule has 1 aromatic rings. The van der Waals surface area contributed by atoms with E-state index in [1.165, 1.54) is 4.90 Å². The molecule has 82 valence electrons.